The number of pyridine rings is 1. The van der Waals surface area contributed by atoms with Gasteiger partial charge in [-0.3, -0.25) is 0 Å². The zero-order valence-electron chi connectivity index (χ0n) is 12.2. The Bertz CT molecular complexity index is 872. The second-order valence-corrected chi connectivity index (χ2v) is 4.96. The fourth-order valence-electron chi connectivity index (χ4n) is 2.64. The van der Waals surface area contributed by atoms with Crippen molar-refractivity contribution in [2.75, 3.05) is 7.11 Å². The third-order valence-electron chi connectivity index (χ3n) is 3.75. The molecule has 0 aliphatic heterocycles. The van der Waals surface area contributed by atoms with Gasteiger partial charge in [-0.2, -0.15) is 5.26 Å². The summed E-state index contributed by atoms with van der Waals surface area (Å²) in [5, 5.41) is 10.3. The van der Waals surface area contributed by atoms with E-state index in [1.165, 1.54) is 0 Å². The van der Waals surface area contributed by atoms with E-state index in [2.05, 4.69) is 11.1 Å². The van der Waals surface area contributed by atoms with Gasteiger partial charge in [0.15, 0.2) is 0 Å². The summed E-state index contributed by atoms with van der Waals surface area (Å²) in [5.41, 5.74) is 4.35. The van der Waals surface area contributed by atoms with Gasteiger partial charge in [-0.25, -0.2) is 4.98 Å². The van der Waals surface area contributed by atoms with Crippen LogP contribution in [0, 0.1) is 18.3 Å². The summed E-state index contributed by atoms with van der Waals surface area (Å²) in [6.45, 7) is 2.02. The molecule has 0 bridgehead atoms. The maximum Gasteiger partial charge on any atom is 0.143 e. The van der Waals surface area contributed by atoms with E-state index in [9.17, 15) is 5.26 Å². The monoisotopic (exact) mass is 277 g/mol. The Hall–Kier alpha value is -2.80. The summed E-state index contributed by atoms with van der Waals surface area (Å²) >= 11 is 0. The van der Waals surface area contributed by atoms with Gasteiger partial charge in [0, 0.05) is 18.6 Å². The molecule has 104 valence electrons. The second-order valence-electron chi connectivity index (χ2n) is 4.96. The predicted octanol–water partition coefficient (Wildman–Crippen LogP) is 3.43. The molecule has 1 aromatic carbocycles. The van der Waals surface area contributed by atoms with Crippen molar-refractivity contribution in [3.05, 3.63) is 47.8 Å². The first-order chi connectivity index (χ1) is 10.2. The molecule has 0 spiro atoms. The lowest BCUT2D eigenvalue weighted by Gasteiger charge is -2.12. The number of rotatable bonds is 2. The number of aryl methyl sites for hydroxylation is 1. The largest absolute Gasteiger partial charge is 0.496 e. The van der Waals surface area contributed by atoms with Crippen molar-refractivity contribution in [1.29, 1.82) is 5.26 Å². The molecule has 0 unspecified atom stereocenters. The minimum Gasteiger partial charge on any atom is -0.496 e. The number of nitriles is 1. The van der Waals surface area contributed by atoms with E-state index in [0.29, 0.717) is 5.69 Å². The van der Waals surface area contributed by atoms with Crippen molar-refractivity contribution < 1.29 is 4.74 Å². The Balaban J connectivity index is 2.37. The summed E-state index contributed by atoms with van der Waals surface area (Å²) in [4.78, 5) is 4.38. The Labute approximate surface area is 123 Å². The normalized spacial score (nSPS) is 10.6. The number of aromatic nitrogens is 2. The molecule has 0 radical (unpaired) electrons. The molecule has 0 aliphatic rings. The van der Waals surface area contributed by atoms with Gasteiger partial charge in [0.1, 0.15) is 23.2 Å². The molecule has 2 aromatic heterocycles. The smallest absolute Gasteiger partial charge is 0.143 e. The first-order valence-electron chi connectivity index (χ1n) is 6.66. The molecular weight excluding hydrogens is 262 g/mol. The minimum atomic E-state index is 0.418. The van der Waals surface area contributed by atoms with Crippen LogP contribution < -0.4 is 4.74 Å². The molecule has 3 aromatic rings. The molecule has 4 heteroatoms. The van der Waals surface area contributed by atoms with Crippen LogP contribution in [0.2, 0.25) is 0 Å². The van der Waals surface area contributed by atoms with Crippen molar-refractivity contribution >= 4 is 11.0 Å². The highest BCUT2D eigenvalue weighted by Crippen LogP contribution is 2.34. The van der Waals surface area contributed by atoms with Crippen LogP contribution in [0.1, 0.15) is 11.3 Å². The maximum absolute atomic E-state index is 9.22. The third-order valence-corrected chi connectivity index (χ3v) is 3.75. The molecule has 0 atom stereocenters. The zero-order chi connectivity index (χ0) is 15.0. The molecule has 21 heavy (non-hydrogen) atoms. The van der Waals surface area contributed by atoms with Crippen molar-refractivity contribution in [3.8, 4) is 22.9 Å². The first kappa shape index (κ1) is 13.2. The van der Waals surface area contributed by atoms with Crippen LogP contribution in [-0.2, 0) is 7.05 Å². The van der Waals surface area contributed by atoms with Gasteiger partial charge < -0.3 is 9.30 Å². The average molecular weight is 277 g/mol. The van der Waals surface area contributed by atoms with Crippen LogP contribution in [0.3, 0.4) is 0 Å². The van der Waals surface area contributed by atoms with Gasteiger partial charge >= 0.3 is 0 Å². The lowest BCUT2D eigenvalue weighted by Crippen LogP contribution is -1.95. The van der Waals surface area contributed by atoms with Crippen LogP contribution in [0.25, 0.3) is 22.2 Å². The van der Waals surface area contributed by atoms with E-state index in [0.717, 1.165) is 33.5 Å². The molecular formula is C17H15N3O. The predicted molar refractivity (Wildman–Crippen MR) is 82.2 cm³/mol. The Morgan fingerprint density at radius 1 is 1.24 bits per heavy atom. The fraction of sp³-hybridized carbons (Fsp3) is 0.176. The minimum absolute atomic E-state index is 0.418. The van der Waals surface area contributed by atoms with Crippen molar-refractivity contribution in [3.63, 3.8) is 0 Å². The van der Waals surface area contributed by atoms with Crippen LogP contribution in [0.5, 0.6) is 5.75 Å². The Morgan fingerprint density at radius 3 is 2.76 bits per heavy atom. The number of benzene rings is 1. The van der Waals surface area contributed by atoms with Crippen LogP contribution in [0.15, 0.2) is 36.5 Å². The molecule has 2 heterocycles. The Kier molecular flexibility index (Phi) is 3.11. The fourth-order valence-corrected chi connectivity index (χ4v) is 2.64. The van der Waals surface area contributed by atoms with E-state index in [1.54, 1.807) is 7.11 Å². The van der Waals surface area contributed by atoms with E-state index in [1.807, 2.05) is 55.1 Å². The highest BCUT2D eigenvalue weighted by molar-refractivity contribution is 5.95. The summed E-state index contributed by atoms with van der Waals surface area (Å²) < 4.78 is 7.32. The number of hydrogen-bond donors (Lipinski definition) is 0. The van der Waals surface area contributed by atoms with Crippen LogP contribution >= 0.6 is 0 Å². The number of methoxy groups -OCH3 is 1. The zero-order valence-corrected chi connectivity index (χ0v) is 12.2. The highest BCUT2D eigenvalue weighted by atomic mass is 16.5. The summed E-state index contributed by atoms with van der Waals surface area (Å²) in [7, 11) is 3.59. The van der Waals surface area contributed by atoms with Crippen LogP contribution in [0.4, 0.5) is 0 Å². The summed E-state index contributed by atoms with van der Waals surface area (Å²) in [5.74, 6) is 0.840. The lowest BCUT2D eigenvalue weighted by molar-refractivity contribution is 0.412. The van der Waals surface area contributed by atoms with Gasteiger partial charge in [0.2, 0.25) is 0 Å². The number of hydrogen-bond acceptors (Lipinski definition) is 3. The first-order valence-corrected chi connectivity index (χ1v) is 6.66. The van der Waals surface area contributed by atoms with Gasteiger partial charge in [0.05, 0.1) is 7.11 Å². The molecule has 4 nitrogen and oxygen atoms in total. The lowest BCUT2D eigenvalue weighted by atomic mass is 9.97. The molecule has 0 fully saturated rings. The second kappa shape index (κ2) is 4.95. The molecule has 0 saturated carbocycles. The van der Waals surface area contributed by atoms with E-state index in [4.69, 9.17) is 4.74 Å². The van der Waals surface area contributed by atoms with Gasteiger partial charge in [-0.1, -0.05) is 12.1 Å². The van der Waals surface area contributed by atoms with Gasteiger partial charge in [-0.15, -0.1) is 0 Å². The molecule has 0 aliphatic carbocycles. The van der Waals surface area contributed by atoms with Crippen molar-refractivity contribution in [2.24, 2.45) is 7.05 Å². The van der Waals surface area contributed by atoms with E-state index in [-0.39, 0.29) is 0 Å². The van der Waals surface area contributed by atoms with E-state index >= 15 is 0 Å². The molecule has 0 N–H and O–H groups in total. The maximum atomic E-state index is 9.22. The third kappa shape index (κ3) is 2.03. The number of ether oxygens (including phenoxy) is 1. The van der Waals surface area contributed by atoms with Crippen molar-refractivity contribution in [2.45, 2.75) is 6.92 Å². The van der Waals surface area contributed by atoms with Gasteiger partial charge in [-0.05, 0) is 41.8 Å². The number of nitrogens with zero attached hydrogens (tertiary/aromatic N) is 3. The summed E-state index contributed by atoms with van der Waals surface area (Å²) in [6, 6.07) is 11.9. The molecule has 0 saturated heterocycles. The van der Waals surface area contributed by atoms with Crippen molar-refractivity contribution in [1.82, 2.24) is 9.55 Å². The van der Waals surface area contributed by atoms with Gasteiger partial charge in [0.25, 0.3) is 0 Å². The topological polar surface area (TPSA) is 50.8 Å². The SMILES string of the molecule is COc1cccc(-c2cc(C#N)nc3c2ccn3C)c1C. The standard InChI is InChI=1S/C17H15N3O/c1-11-13(5-4-6-16(11)21-3)15-9-12(10-18)19-17-14(15)7-8-20(17)2/h4-9H,1-3H3. The molecule has 0 amide bonds. The molecule has 3 rings (SSSR count). The Morgan fingerprint density at radius 2 is 2.05 bits per heavy atom. The van der Waals surface area contributed by atoms with E-state index < -0.39 is 0 Å². The summed E-state index contributed by atoms with van der Waals surface area (Å²) in [6.07, 6.45) is 1.96. The highest BCUT2D eigenvalue weighted by Gasteiger charge is 2.13. The average Bonchev–Trinajstić information content (AvgIpc) is 2.88. The quantitative estimate of drug-likeness (QED) is 0.721. The van der Waals surface area contributed by atoms with Crippen LogP contribution in [-0.4, -0.2) is 16.7 Å². The number of fused-ring (bicyclic) bond motifs is 1.